The van der Waals surface area contributed by atoms with E-state index in [1.54, 1.807) is 0 Å². The third kappa shape index (κ3) is 3.76. The Morgan fingerprint density at radius 2 is 1.05 bits per heavy atom. The van der Waals surface area contributed by atoms with Crippen molar-refractivity contribution in [3.63, 3.8) is 0 Å². The van der Waals surface area contributed by atoms with Gasteiger partial charge in [-0.25, -0.2) is 0 Å². The maximum atomic E-state index is 2.97. The van der Waals surface area contributed by atoms with Crippen molar-refractivity contribution in [1.29, 1.82) is 0 Å². The van der Waals surface area contributed by atoms with Gasteiger partial charge in [0.2, 0.25) is 6.03 Å². The summed E-state index contributed by atoms with van der Waals surface area (Å²) in [6.45, 7) is 25.4. The van der Waals surface area contributed by atoms with Crippen LogP contribution in [-0.4, -0.2) is 37.8 Å². The van der Waals surface area contributed by atoms with E-state index in [4.69, 9.17) is 0 Å². The molecule has 0 unspecified atom stereocenters. The maximum Gasteiger partial charge on any atom is 0.204 e. The van der Waals surface area contributed by atoms with Gasteiger partial charge in [-0.15, -0.1) is 0 Å². The highest BCUT2D eigenvalue weighted by molar-refractivity contribution is 7.59. The van der Waals surface area contributed by atoms with Gasteiger partial charge in [-0.2, -0.15) is 0 Å². The van der Waals surface area contributed by atoms with Crippen molar-refractivity contribution in [1.82, 2.24) is 4.81 Å². The molecular formula is C15H36BNSi2. The van der Waals surface area contributed by atoms with Crippen molar-refractivity contribution >= 4 is 21.9 Å². The van der Waals surface area contributed by atoms with Crippen LogP contribution in [0.5, 0.6) is 0 Å². The molecule has 4 heteroatoms. The fourth-order valence-corrected chi connectivity index (χ4v) is 18.1. The average Bonchev–Trinajstić information content (AvgIpc) is 2.06. The second kappa shape index (κ2) is 5.03. The van der Waals surface area contributed by atoms with Crippen molar-refractivity contribution in [2.45, 2.75) is 97.3 Å². The molecular weight excluding hydrogens is 261 g/mol. The van der Waals surface area contributed by atoms with Crippen molar-refractivity contribution in [3.8, 4) is 0 Å². The summed E-state index contributed by atoms with van der Waals surface area (Å²) in [4.78, 5) is 2.97. The van der Waals surface area contributed by atoms with Gasteiger partial charge in [0, 0.05) is 27.0 Å². The van der Waals surface area contributed by atoms with Crippen LogP contribution in [0.15, 0.2) is 0 Å². The molecule has 1 heterocycles. The normalized spacial score (nSPS) is 24.3. The van der Waals surface area contributed by atoms with Crippen molar-refractivity contribution < 1.29 is 0 Å². The van der Waals surface area contributed by atoms with E-state index in [0.717, 1.165) is 6.03 Å². The van der Waals surface area contributed by atoms with Crippen LogP contribution < -0.4 is 0 Å². The predicted molar refractivity (Wildman–Crippen MR) is 96.3 cm³/mol. The summed E-state index contributed by atoms with van der Waals surface area (Å²) < 4.78 is 0. The highest BCUT2D eigenvalue weighted by atomic mass is 28.4. The Kier molecular flexibility index (Phi) is 4.63. The van der Waals surface area contributed by atoms with E-state index < -0.39 is 15.9 Å². The van der Waals surface area contributed by atoms with Crippen molar-refractivity contribution in [3.05, 3.63) is 0 Å². The molecule has 112 valence electrons. The quantitative estimate of drug-likeness (QED) is 0.673. The predicted octanol–water partition coefficient (Wildman–Crippen LogP) is 4.85. The molecule has 0 atom stereocenters. The minimum absolute atomic E-state index is 0.368. The molecule has 0 aromatic carbocycles. The van der Waals surface area contributed by atoms with Gasteiger partial charge in [0.15, 0.2) is 0 Å². The second-order valence-electron chi connectivity index (χ2n) is 9.98. The molecule has 1 saturated heterocycles. The van der Waals surface area contributed by atoms with Crippen LogP contribution in [0.2, 0.25) is 39.3 Å². The topological polar surface area (TPSA) is 3.24 Å². The first-order chi connectivity index (χ1) is 8.20. The molecule has 0 radical (unpaired) electrons. The Labute approximate surface area is 124 Å². The Balaban J connectivity index is 3.33. The van der Waals surface area contributed by atoms with Crippen LogP contribution in [0.4, 0.5) is 0 Å². The summed E-state index contributed by atoms with van der Waals surface area (Å²) in [7, 11) is -2.40. The van der Waals surface area contributed by atoms with Crippen LogP contribution in [0.1, 0.15) is 47.0 Å². The molecule has 0 aromatic rings. The molecule has 0 bridgehead atoms. The first-order valence-corrected chi connectivity index (χ1v) is 15.1. The lowest BCUT2D eigenvalue weighted by molar-refractivity contribution is 0.0534. The zero-order valence-corrected chi connectivity index (χ0v) is 17.1. The van der Waals surface area contributed by atoms with Gasteiger partial charge >= 0.3 is 0 Å². The molecule has 0 spiro atoms. The molecule has 19 heavy (non-hydrogen) atoms. The largest absolute Gasteiger partial charge is 0.337 e. The standard InChI is InChI=1S/C15H36BNSi2/c1-14(2)12-11-13-15(3,4)17(14)16(18(5,6)7)19(8,9)10/h11-13H2,1-10H3. The van der Waals surface area contributed by atoms with Crippen LogP contribution in [-0.2, 0) is 0 Å². The summed E-state index contributed by atoms with van der Waals surface area (Å²) in [6, 6.07) is 0.866. The highest BCUT2D eigenvalue weighted by Crippen LogP contribution is 2.42. The summed E-state index contributed by atoms with van der Waals surface area (Å²) in [5.74, 6) is 0. The third-order valence-electron chi connectivity index (χ3n) is 4.78. The van der Waals surface area contributed by atoms with Crippen molar-refractivity contribution in [2.75, 3.05) is 0 Å². The summed E-state index contributed by atoms with van der Waals surface area (Å²) >= 11 is 0. The Bertz CT molecular complexity index is 296. The van der Waals surface area contributed by atoms with Gasteiger partial charge in [0.1, 0.15) is 0 Å². The number of piperidine rings is 1. The van der Waals surface area contributed by atoms with Crippen LogP contribution in [0.25, 0.3) is 0 Å². The lowest BCUT2D eigenvalue weighted by Crippen LogP contribution is -2.77. The summed E-state index contributed by atoms with van der Waals surface area (Å²) in [6.07, 6.45) is 4.12. The molecule has 0 aliphatic carbocycles. The number of rotatable bonds is 3. The fourth-order valence-electron chi connectivity index (χ4n) is 4.79. The monoisotopic (exact) mass is 297 g/mol. The van der Waals surface area contributed by atoms with Gasteiger partial charge in [-0.3, -0.25) is 0 Å². The van der Waals surface area contributed by atoms with E-state index in [9.17, 15) is 0 Å². The molecule has 1 aliphatic rings. The minimum atomic E-state index is -1.20. The SMILES string of the molecule is CC1(C)CCCC(C)(C)N1B([Si](C)(C)C)[Si](C)(C)C. The summed E-state index contributed by atoms with van der Waals surface area (Å²) in [5, 5.41) is 0. The van der Waals surface area contributed by atoms with Crippen LogP contribution >= 0.6 is 0 Å². The van der Waals surface area contributed by atoms with Crippen LogP contribution in [0.3, 0.4) is 0 Å². The zero-order valence-electron chi connectivity index (χ0n) is 15.1. The molecule has 0 aromatic heterocycles. The Morgan fingerprint density at radius 1 is 0.737 bits per heavy atom. The number of hydrogen-bond donors (Lipinski definition) is 0. The summed E-state index contributed by atoms with van der Waals surface area (Å²) in [5.41, 5.74) is 0.736. The third-order valence-corrected chi connectivity index (χ3v) is 13.8. The van der Waals surface area contributed by atoms with Gasteiger partial charge in [-0.1, -0.05) is 39.3 Å². The molecule has 0 amide bonds. The van der Waals surface area contributed by atoms with E-state index in [2.05, 4.69) is 71.8 Å². The molecule has 1 fully saturated rings. The lowest BCUT2D eigenvalue weighted by atomic mass is 9.76. The van der Waals surface area contributed by atoms with E-state index in [1.165, 1.54) is 19.3 Å². The number of hydrogen-bond acceptors (Lipinski definition) is 1. The zero-order chi connectivity index (χ0) is 15.3. The van der Waals surface area contributed by atoms with E-state index in [-0.39, 0.29) is 0 Å². The van der Waals surface area contributed by atoms with Crippen molar-refractivity contribution in [2.24, 2.45) is 0 Å². The van der Waals surface area contributed by atoms with E-state index in [1.807, 2.05) is 0 Å². The Hall–Kier alpha value is 0.459. The molecule has 1 rings (SSSR count). The van der Waals surface area contributed by atoms with Gasteiger partial charge in [0.05, 0.1) is 0 Å². The highest BCUT2D eigenvalue weighted by Gasteiger charge is 2.54. The van der Waals surface area contributed by atoms with Gasteiger partial charge < -0.3 is 4.81 Å². The molecule has 1 nitrogen and oxygen atoms in total. The fraction of sp³-hybridized carbons (Fsp3) is 1.00. The Morgan fingerprint density at radius 3 is 1.32 bits per heavy atom. The lowest BCUT2D eigenvalue weighted by Gasteiger charge is -2.61. The second-order valence-corrected chi connectivity index (χ2v) is 21.1. The minimum Gasteiger partial charge on any atom is -0.337 e. The smallest absolute Gasteiger partial charge is 0.204 e. The molecule has 0 N–H and O–H groups in total. The van der Waals surface area contributed by atoms with Gasteiger partial charge in [0.25, 0.3) is 0 Å². The van der Waals surface area contributed by atoms with Crippen LogP contribution in [0, 0.1) is 0 Å². The number of nitrogens with zero attached hydrogens (tertiary/aromatic N) is 1. The molecule has 0 saturated carbocycles. The van der Waals surface area contributed by atoms with E-state index in [0.29, 0.717) is 11.1 Å². The first-order valence-electron chi connectivity index (χ1n) is 7.99. The van der Waals surface area contributed by atoms with E-state index >= 15 is 0 Å². The van der Waals surface area contributed by atoms with Gasteiger partial charge in [-0.05, 0) is 47.0 Å². The first kappa shape index (κ1) is 17.5. The average molecular weight is 297 g/mol. The maximum absolute atomic E-state index is 2.97. The molecule has 1 aliphatic heterocycles.